The lowest BCUT2D eigenvalue weighted by Crippen LogP contribution is -2.67. The number of aliphatic hydroxyl groups excluding tert-OH is 11. The van der Waals surface area contributed by atoms with Crippen molar-refractivity contribution in [2.75, 3.05) is 26.4 Å². The molecule has 3 rings (SSSR count). The van der Waals surface area contributed by atoms with Gasteiger partial charge in [-0.3, -0.25) is 4.79 Å². The Balaban J connectivity index is 1.51. The minimum absolute atomic E-state index is 0.245. The molecule has 1 amide bonds. The topological polar surface area (TPSA) is 307 Å². The molecule has 12 N–H and O–H groups in total. The van der Waals surface area contributed by atoms with E-state index in [1.807, 2.05) is 6.08 Å². The van der Waals surface area contributed by atoms with Crippen molar-refractivity contribution < 1.29 is 89.4 Å². The Hall–Kier alpha value is -1.47. The largest absolute Gasteiger partial charge is 0.394 e. The van der Waals surface area contributed by atoms with E-state index in [2.05, 4.69) is 19.2 Å². The van der Waals surface area contributed by atoms with Gasteiger partial charge in [0.15, 0.2) is 18.9 Å². The molecule has 17 atom stereocenters. The molecular formula is C58H109NO18. The summed E-state index contributed by atoms with van der Waals surface area (Å²) < 4.78 is 34.3. The first-order valence-corrected chi connectivity index (χ1v) is 30.4. The van der Waals surface area contributed by atoms with Gasteiger partial charge in [0.1, 0.15) is 73.2 Å². The molecule has 454 valence electrons. The number of carbonyl (C=O) groups excluding carboxylic acids is 1. The number of amides is 1. The van der Waals surface area contributed by atoms with Crippen LogP contribution in [0.5, 0.6) is 0 Å². The van der Waals surface area contributed by atoms with Crippen molar-refractivity contribution in [3.63, 3.8) is 0 Å². The first-order valence-electron chi connectivity index (χ1n) is 30.4. The van der Waals surface area contributed by atoms with Gasteiger partial charge in [-0.15, -0.1) is 0 Å². The van der Waals surface area contributed by atoms with Crippen LogP contribution in [0.1, 0.15) is 219 Å². The Bertz CT molecular complexity index is 1470. The van der Waals surface area contributed by atoms with E-state index in [4.69, 9.17) is 28.4 Å². The molecule has 0 aromatic rings. The van der Waals surface area contributed by atoms with E-state index in [0.29, 0.717) is 6.42 Å². The third kappa shape index (κ3) is 26.5. The quantitative estimate of drug-likeness (QED) is 0.0269. The van der Waals surface area contributed by atoms with Gasteiger partial charge >= 0.3 is 0 Å². The van der Waals surface area contributed by atoms with E-state index in [0.717, 1.165) is 44.9 Å². The van der Waals surface area contributed by atoms with E-state index in [1.54, 1.807) is 6.08 Å². The molecule has 3 fully saturated rings. The summed E-state index contributed by atoms with van der Waals surface area (Å²) in [5, 5.41) is 120. The molecule has 0 unspecified atom stereocenters. The average molecular weight is 1110 g/mol. The van der Waals surface area contributed by atoms with Gasteiger partial charge in [0, 0.05) is 6.42 Å². The Morgan fingerprint density at radius 2 is 0.844 bits per heavy atom. The first kappa shape index (κ1) is 69.8. The van der Waals surface area contributed by atoms with Gasteiger partial charge in [0.2, 0.25) is 5.91 Å². The number of unbranched alkanes of at least 4 members (excludes halogenated alkanes) is 29. The number of allylic oxidation sites excluding steroid dienone is 1. The van der Waals surface area contributed by atoms with E-state index in [9.17, 15) is 61.0 Å². The fraction of sp³-hybridized carbons (Fsp3) is 0.948. The van der Waals surface area contributed by atoms with Crippen LogP contribution in [0.4, 0.5) is 0 Å². The molecule has 3 aliphatic rings. The maximum Gasteiger partial charge on any atom is 0.220 e. The Kier molecular flexibility index (Phi) is 38.4. The van der Waals surface area contributed by atoms with Gasteiger partial charge in [-0.05, 0) is 19.3 Å². The number of hydrogen-bond acceptors (Lipinski definition) is 18. The van der Waals surface area contributed by atoms with Crippen molar-refractivity contribution in [1.82, 2.24) is 5.32 Å². The standard InChI is InChI=1S/C58H109NO18/c1-3-5-7-9-11-13-15-17-18-19-20-21-22-24-26-28-30-32-34-36-46(64)59-41(42(63)35-33-31-29-27-25-23-16-14-12-10-8-6-4-2)40-72-56-52(70)50(68)54(45(39-62)75-56)76-58-53(71)55(48(66)44(38-61)74-58)77-57-51(69)49(67)47(65)43(37-60)73-57/h33,35,41-45,47-58,60-63,65-71H,3-32,34,36-40H2,1-2H3,(H,59,64)/b35-33+/t41-,42+,43+,44+,45+,47-,48+,49-,50+,51+,52+,53+,54+,55-,56+,57+,58-/m0/s1. The van der Waals surface area contributed by atoms with Crippen LogP contribution in [0.2, 0.25) is 0 Å². The zero-order valence-corrected chi connectivity index (χ0v) is 47.2. The second-order valence-electron chi connectivity index (χ2n) is 22.2. The Morgan fingerprint density at radius 1 is 0.455 bits per heavy atom. The van der Waals surface area contributed by atoms with Crippen LogP contribution < -0.4 is 5.32 Å². The van der Waals surface area contributed by atoms with E-state index >= 15 is 0 Å². The molecule has 0 aliphatic carbocycles. The van der Waals surface area contributed by atoms with Crippen molar-refractivity contribution in [2.24, 2.45) is 0 Å². The fourth-order valence-corrected chi connectivity index (χ4v) is 10.5. The third-order valence-electron chi connectivity index (χ3n) is 15.6. The molecule has 19 nitrogen and oxygen atoms in total. The van der Waals surface area contributed by atoms with Crippen LogP contribution in [0.25, 0.3) is 0 Å². The van der Waals surface area contributed by atoms with Crippen molar-refractivity contribution in [2.45, 2.75) is 324 Å². The van der Waals surface area contributed by atoms with Gasteiger partial charge < -0.3 is 89.9 Å². The van der Waals surface area contributed by atoms with Crippen molar-refractivity contribution in [1.29, 1.82) is 0 Å². The summed E-state index contributed by atoms with van der Waals surface area (Å²) in [7, 11) is 0. The average Bonchev–Trinajstić information content (AvgIpc) is 3.43. The molecular weight excluding hydrogens is 999 g/mol. The van der Waals surface area contributed by atoms with Crippen LogP contribution in [-0.2, 0) is 33.2 Å². The number of carbonyl (C=O) groups is 1. The molecule has 0 radical (unpaired) electrons. The predicted molar refractivity (Wildman–Crippen MR) is 291 cm³/mol. The molecule has 0 aromatic heterocycles. The summed E-state index contributed by atoms with van der Waals surface area (Å²) in [5.41, 5.74) is 0. The van der Waals surface area contributed by atoms with Crippen LogP contribution in [-0.4, -0.2) is 193 Å². The molecule has 0 spiro atoms. The summed E-state index contributed by atoms with van der Waals surface area (Å²) in [6.07, 6.45) is 14.4. The number of hydrogen-bond donors (Lipinski definition) is 12. The lowest BCUT2D eigenvalue weighted by molar-refractivity contribution is -0.380. The number of aliphatic hydroxyl groups is 11. The van der Waals surface area contributed by atoms with Crippen LogP contribution in [0, 0.1) is 0 Å². The molecule has 0 saturated carbocycles. The maximum absolute atomic E-state index is 13.3. The SMILES string of the molecule is CCCCCCCCCCCCC/C=C/[C@@H](O)[C@H](CO[C@@H]1O[C@H](CO)[C@@H](O[C@@H]2O[C@H](CO)[C@@H](O)[C@H](O[C@H]3O[C@H](CO)[C@H](O)[C@H](O)[C@H]3O)[C@H]2O)[C@H](O)[C@H]1O)NC(=O)CCCCCCCCCCCCCCCCCCCCC. The first-order chi connectivity index (χ1) is 37.3. The maximum atomic E-state index is 13.3. The second kappa shape index (κ2) is 42.4. The van der Waals surface area contributed by atoms with Gasteiger partial charge in [-0.25, -0.2) is 0 Å². The van der Waals surface area contributed by atoms with E-state index in [1.165, 1.54) is 148 Å². The lowest BCUT2D eigenvalue weighted by Gasteiger charge is -2.48. The molecule has 77 heavy (non-hydrogen) atoms. The highest BCUT2D eigenvalue weighted by atomic mass is 16.8. The normalized spacial score (nSPS) is 30.7. The third-order valence-corrected chi connectivity index (χ3v) is 15.6. The number of rotatable bonds is 45. The van der Waals surface area contributed by atoms with Gasteiger partial charge in [-0.1, -0.05) is 206 Å². The van der Waals surface area contributed by atoms with Gasteiger partial charge in [0.25, 0.3) is 0 Å². The predicted octanol–water partition coefficient (Wildman–Crippen LogP) is 5.38. The lowest BCUT2D eigenvalue weighted by atomic mass is 9.96. The summed E-state index contributed by atoms with van der Waals surface area (Å²) in [4.78, 5) is 13.3. The fourth-order valence-electron chi connectivity index (χ4n) is 10.5. The monoisotopic (exact) mass is 1110 g/mol. The van der Waals surface area contributed by atoms with Crippen molar-refractivity contribution in [3.05, 3.63) is 12.2 Å². The molecule has 3 saturated heterocycles. The van der Waals surface area contributed by atoms with Crippen LogP contribution in [0.3, 0.4) is 0 Å². The number of ether oxygens (including phenoxy) is 6. The zero-order valence-electron chi connectivity index (χ0n) is 47.2. The van der Waals surface area contributed by atoms with Crippen molar-refractivity contribution in [3.8, 4) is 0 Å². The van der Waals surface area contributed by atoms with E-state index in [-0.39, 0.29) is 18.9 Å². The molecule has 3 heterocycles. The van der Waals surface area contributed by atoms with Crippen molar-refractivity contribution >= 4 is 5.91 Å². The summed E-state index contributed by atoms with van der Waals surface area (Å²) in [5.74, 6) is -0.276. The van der Waals surface area contributed by atoms with Crippen LogP contribution in [0.15, 0.2) is 12.2 Å². The van der Waals surface area contributed by atoms with Gasteiger partial charge in [0.05, 0.1) is 38.6 Å². The highest BCUT2D eigenvalue weighted by Crippen LogP contribution is 2.33. The summed E-state index contributed by atoms with van der Waals surface area (Å²) in [6.45, 7) is 1.70. The van der Waals surface area contributed by atoms with E-state index < -0.39 is 124 Å². The summed E-state index contributed by atoms with van der Waals surface area (Å²) in [6, 6.07) is -0.973. The zero-order chi connectivity index (χ0) is 56.2. The smallest absolute Gasteiger partial charge is 0.220 e. The highest BCUT2D eigenvalue weighted by Gasteiger charge is 2.54. The number of nitrogens with one attached hydrogen (secondary N) is 1. The summed E-state index contributed by atoms with van der Waals surface area (Å²) >= 11 is 0. The Morgan fingerprint density at radius 3 is 1.31 bits per heavy atom. The van der Waals surface area contributed by atoms with Crippen LogP contribution >= 0.6 is 0 Å². The molecule has 19 heteroatoms. The van der Waals surface area contributed by atoms with Gasteiger partial charge in [-0.2, -0.15) is 0 Å². The second-order valence-corrected chi connectivity index (χ2v) is 22.2. The Labute approximate surface area is 461 Å². The molecule has 3 aliphatic heterocycles. The molecule has 0 bridgehead atoms. The minimum atomic E-state index is -1.97. The highest BCUT2D eigenvalue weighted by molar-refractivity contribution is 5.76. The minimum Gasteiger partial charge on any atom is -0.394 e. The molecule has 0 aromatic carbocycles.